The van der Waals surface area contributed by atoms with Gasteiger partial charge in [-0.3, -0.25) is 14.6 Å². The first kappa shape index (κ1) is 20.3. The fourth-order valence-electron chi connectivity index (χ4n) is 2.88. The highest BCUT2D eigenvalue weighted by Gasteiger charge is 2.09. The van der Waals surface area contributed by atoms with Crippen LogP contribution in [0.15, 0.2) is 90.4 Å². The number of nitrogens with zero attached hydrogens (tertiary/aromatic N) is 1. The van der Waals surface area contributed by atoms with Crippen molar-refractivity contribution in [3.63, 3.8) is 0 Å². The molecule has 0 radical (unpaired) electrons. The Hall–Kier alpha value is -4.03. The van der Waals surface area contributed by atoms with E-state index in [1.807, 2.05) is 66.1 Å². The number of carbonyl (C=O) groups excluding carboxylic acids is 2. The van der Waals surface area contributed by atoms with Gasteiger partial charge in [-0.25, -0.2) is 0 Å². The van der Waals surface area contributed by atoms with Gasteiger partial charge in [-0.05, 0) is 71.6 Å². The molecule has 2 heterocycles. The molecule has 0 fully saturated rings. The van der Waals surface area contributed by atoms with Crippen LogP contribution in [0.25, 0.3) is 12.2 Å². The fraction of sp³-hybridized carbons (Fsp3) is 0. The van der Waals surface area contributed by atoms with Gasteiger partial charge in [0.1, 0.15) is 0 Å². The standard InChI is InChI=1S/C25H19N3O2S/c29-24(19-10-13-21(14-11-19)27-25(30)23-8-4-16-31-23)28-22-7-3-5-18(17-22)9-12-20-6-1-2-15-26-20/h1-17H,(H,27,30)(H,28,29)/b12-9+. The molecule has 0 aliphatic carbocycles. The van der Waals surface area contributed by atoms with Crippen LogP contribution in [0.5, 0.6) is 0 Å². The second kappa shape index (κ2) is 9.65. The zero-order valence-electron chi connectivity index (χ0n) is 16.5. The van der Waals surface area contributed by atoms with Crippen molar-refractivity contribution in [1.29, 1.82) is 0 Å². The van der Waals surface area contributed by atoms with Crippen LogP contribution >= 0.6 is 11.3 Å². The molecule has 2 amide bonds. The maximum Gasteiger partial charge on any atom is 0.265 e. The van der Waals surface area contributed by atoms with E-state index in [0.717, 1.165) is 11.3 Å². The molecule has 0 unspecified atom stereocenters. The summed E-state index contributed by atoms with van der Waals surface area (Å²) in [6.07, 6.45) is 5.61. The minimum atomic E-state index is -0.220. The molecular formula is C25H19N3O2S. The van der Waals surface area contributed by atoms with Gasteiger partial charge in [0.25, 0.3) is 11.8 Å². The van der Waals surface area contributed by atoms with Crippen LogP contribution in [0.2, 0.25) is 0 Å². The predicted molar refractivity (Wildman–Crippen MR) is 126 cm³/mol. The predicted octanol–water partition coefficient (Wildman–Crippen LogP) is 5.82. The van der Waals surface area contributed by atoms with Gasteiger partial charge >= 0.3 is 0 Å². The lowest BCUT2D eigenvalue weighted by molar-refractivity contribution is 0.102. The molecule has 0 aliphatic heterocycles. The molecule has 0 saturated heterocycles. The summed E-state index contributed by atoms with van der Waals surface area (Å²) in [5.74, 6) is -0.384. The highest BCUT2D eigenvalue weighted by Crippen LogP contribution is 2.17. The Labute approximate surface area is 184 Å². The molecule has 6 heteroatoms. The molecule has 5 nitrogen and oxygen atoms in total. The van der Waals surface area contributed by atoms with Crippen molar-refractivity contribution in [2.45, 2.75) is 0 Å². The minimum Gasteiger partial charge on any atom is -0.322 e. The molecule has 0 saturated carbocycles. The second-order valence-electron chi connectivity index (χ2n) is 6.68. The quantitative estimate of drug-likeness (QED) is 0.409. The molecule has 0 spiro atoms. The lowest BCUT2D eigenvalue weighted by Crippen LogP contribution is -2.13. The van der Waals surface area contributed by atoms with Crippen molar-refractivity contribution in [1.82, 2.24) is 4.98 Å². The van der Waals surface area contributed by atoms with Crippen LogP contribution in [0.4, 0.5) is 11.4 Å². The van der Waals surface area contributed by atoms with Gasteiger partial charge in [-0.1, -0.05) is 30.3 Å². The molecule has 0 bridgehead atoms. The number of carbonyl (C=O) groups is 2. The van der Waals surface area contributed by atoms with Gasteiger partial charge in [0.05, 0.1) is 10.6 Å². The number of hydrogen-bond acceptors (Lipinski definition) is 4. The number of thiophene rings is 1. The Kier molecular flexibility index (Phi) is 6.30. The van der Waals surface area contributed by atoms with E-state index in [2.05, 4.69) is 15.6 Å². The molecule has 4 rings (SSSR count). The first-order valence-electron chi connectivity index (χ1n) is 9.63. The normalized spacial score (nSPS) is 10.7. The number of rotatable bonds is 6. The van der Waals surface area contributed by atoms with E-state index in [9.17, 15) is 9.59 Å². The van der Waals surface area contributed by atoms with E-state index >= 15 is 0 Å². The minimum absolute atomic E-state index is 0.164. The van der Waals surface area contributed by atoms with Gasteiger partial charge in [-0.15, -0.1) is 11.3 Å². The van der Waals surface area contributed by atoms with Crippen LogP contribution in [0.3, 0.4) is 0 Å². The molecule has 0 atom stereocenters. The van der Waals surface area contributed by atoms with Crippen LogP contribution < -0.4 is 10.6 Å². The Balaban J connectivity index is 1.39. The highest BCUT2D eigenvalue weighted by molar-refractivity contribution is 7.12. The summed E-state index contributed by atoms with van der Waals surface area (Å²) < 4.78 is 0. The lowest BCUT2D eigenvalue weighted by atomic mass is 10.1. The van der Waals surface area contributed by atoms with E-state index in [1.54, 1.807) is 36.5 Å². The number of benzene rings is 2. The molecule has 2 aromatic heterocycles. The topological polar surface area (TPSA) is 71.1 Å². The third-order valence-electron chi connectivity index (χ3n) is 4.43. The van der Waals surface area contributed by atoms with Gasteiger partial charge in [0, 0.05) is 23.1 Å². The van der Waals surface area contributed by atoms with Crippen LogP contribution in [-0.4, -0.2) is 16.8 Å². The summed E-state index contributed by atoms with van der Waals surface area (Å²) in [6, 6.07) is 23.7. The maximum absolute atomic E-state index is 12.6. The molecule has 4 aromatic rings. The summed E-state index contributed by atoms with van der Waals surface area (Å²) in [6.45, 7) is 0. The van der Waals surface area contributed by atoms with Crippen molar-refractivity contribution >= 4 is 46.7 Å². The molecule has 152 valence electrons. The van der Waals surface area contributed by atoms with Crippen molar-refractivity contribution in [2.75, 3.05) is 10.6 Å². The van der Waals surface area contributed by atoms with Gasteiger partial charge in [-0.2, -0.15) is 0 Å². The van der Waals surface area contributed by atoms with E-state index in [4.69, 9.17) is 0 Å². The van der Waals surface area contributed by atoms with Crippen molar-refractivity contribution in [3.05, 3.63) is 112 Å². The van der Waals surface area contributed by atoms with Gasteiger partial charge in [0.2, 0.25) is 0 Å². The Morgan fingerprint density at radius 2 is 1.61 bits per heavy atom. The van der Waals surface area contributed by atoms with Crippen molar-refractivity contribution in [2.24, 2.45) is 0 Å². The number of amides is 2. The van der Waals surface area contributed by atoms with Crippen LogP contribution in [0, 0.1) is 0 Å². The highest BCUT2D eigenvalue weighted by atomic mass is 32.1. The van der Waals surface area contributed by atoms with Crippen LogP contribution in [0.1, 0.15) is 31.3 Å². The summed E-state index contributed by atoms with van der Waals surface area (Å²) >= 11 is 1.38. The third-order valence-corrected chi connectivity index (χ3v) is 5.30. The zero-order valence-corrected chi connectivity index (χ0v) is 17.3. The number of nitrogens with one attached hydrogen (secondary N) is 2. The largest absolute Gasteiger partial charge is 0.322 e. The zero-order chi connectivity index (χ0) is 21.5. The molecule has 2 aromatic carbocycles. The lowest BCUT2D eigenvalue weighted by Gasteiger charge is -2.08. The summed E-state index contributed by atoms with van der Waals surface area (Å²) in [4.78, 5) is 29.6. The SMILES string of the molecule is O=C(Nc1cccc(/C=C/c2ccccn2)c1)c1ccc(NC(=O)c2cccs2)cc1. The summed E-state index contributed by atoms with van der Waals surface area (Å²) in [5, 5.41) is 7.58. The van der Waals surface area contributed by atoms with E-state index in [0.29, 0.717) is 21.8 Å². The fourth-order valence-corrected chi connectivity index (χ4v) is 3.50. The van der Waals surface area contributed by atoms with E-state index < -0.39 is 0 Å². The van der Waals surface area contributed by atoms with Crippen molar-refractivity contribution in [3.8, 4) is 0 Å². The molecule has 0 aliphatic rings. The first-order chi connectivity index (χ1) is 15.2. The second-order valence-corrected chi connectivity index (χ2v) is 7.62. The summed E-state index contributed by atoms with van der Waals surface area (Å²) in [5.41, 5.74) is 3.65. The summed E-state index contributed by atoms with van der Waals surface area (Å²) in [7, 11) is 0. The van der Waals surface area contributed by atoms with E-state index in [-0.39, 0.29) is 11.8 Å². The Morgan fingerprint density at radius 3 is 2.35 bits per heavy atom. The number of aromatic nitrogens is 1. The first-order valence-corrected chi connectivity index (χ1v) is 10.5. The Bertz CT molecular complexity index is 1200. The average molecular weight is 426 g/mol. The monoisotopic (exact) mass is 425 g/mol. The van der Waals surface area contributed by atoms with Gasteiger partial charge in [0.15, 0.2) is 0 Å². The van der Waals surface area contributed by atoms with Crippen LogP contribution in [-0.2, 0) is 0 Å². The number of pyridine rings is 1. The average Bonchev–Trinajstić information content (AvgIpc) is 3.34. The molecule has 31 heavy (non-hydrogen) atoms. The third kappa shape index (κ3) is 5.52. The number of hydrogen-bond donors (Lipinski definition) is 2. The molecular weight excluding hydrogens is 406 g/mol. The maximum atomic E-state index is 12.6. The number of anilines is 2. The smallest absolute Gasteiger partial charge is 0.265 e. The molecule has 2 N–H and O–H groups in total. The Morgan fingerprint density at radius 1 is 0.774 bits per heavy atom. The van der Waals surface area contributed by atoms with E-state index in [1.165, 1.54) is 11.3 Å². The van der Waals surface area contributed by atoms with Gasteiger partial charge < -0.3 is 10.6 Å². The van der Waals surface area contributed by atoms with Crippen molar-refractivity contribution < 1.29 is 9.59 Å².